The lowest BCUT2D eigenvalue weighted by Gasteiger charge is -1.91. The van der Waals surface area contributed by atoms with Gasteiger partial charge in [0.2, 0.25) is 0 Å². The summed E-state index contributed by atoms with van der Waals surface area (Å²) in [6.07, 6.45) is 4.91. The van der Waals surface area contributed by atoms with Crippen LogP contribution < -0.4 is 0 Å². The second kappa shape index (κ2) is 5.35. The number of oxime groups is 1. The Kier molecular flexibility index (Phi) is 4.88. The van der Waals surface area contributed by atoms with Gasteiger partial charge in [-0.05, 0) is 13.8 Å². The van der Waals surface area contributed by atoms with Crippen molar-refractivity contribution in [1.82, 2.24) is 0 Å². The predicted octanol–water partition coefficient (Wildman–Crippen LogP) is 1.97. The van der Waals surface area contributed by atoms with Crippen LogP contribution in [0.25, 0.3) is 0 Å². The van der Waals surface area contributed by atoms with Crippen molar-refractivity contribution < 1.29 is 4.84 Å². The summed E-state index contributed by atoms with van der Waals surface area (Å²) >= 11 is 0. The minimum atomic E-state index is 0.879. The van der Waals surface area contributed by atoms with Gasteiger partial charge in [-0.1, -0.05) is 17.3 Å². The molecule has 0 aromatic heterocycles. The molecule has 0 aromatic carbocycles. The molecule has 9 heavy (non-hydrogen) atoms. The highest BCUT2D eigenvalue weighted by Gasteiger charge is 1.83. The van der Waals surface area contributed by atoms with Gasteiger partial charge >= 0.3 is 0 Å². The molecule has 0 saturated heterocycles. The third kappa shape index (κ3) is 5.07. The fourth-order valence-electron chi connectivity index (χ4n) is 0.482. The second-order valence-electron chi connectivity index (χ2n) is 1.78. The molecule has 0 radical (unpaired) electrons. The highest BCUT2D eigenvalue weighted by atomic mass is 16.6. The zero-order valence-corrected chi connectivity index (χ0v) is 6.22. The van der Waals surface area contributed by atoms with Crippen LogP contribution in [0, 0.1) is 0 Å². The van der Waals surface area contributed by atoms with Crippen molar-refractivity contribution in [3.63, 3.8) is 0 Å². The lowest BCUT2D eigenvalue weighted by Crippen LogP contribution is -1.88. The first kappa shape index (κ1) is 8.21. The summed E-state index contributed by atoms with van der Waals surface area (Å²) in [5, 5.41) is 3.73. The Bertz CT molecular complexity index is 116. The maximum atomic E-state index is 4.55. The summed E-state index contributed by atoms with van der Waals surface area (Å²) < 4.78 is 0. The number of rotatable bonds is 3. The van der Waals surface area contributed by atoms with E-state index in [1.807, 2.05) is 26.0 Å². The Balaban J connectivity index is 3.49. The largest absolute Gasteiger partial charge is 0.399 e. The van der Waals surface area contributed by atoms with Crippen molar-refractivity contribution in [3.05, 3.63) is 12.2 Å². The lowest BCUT2D eigenvalue weighted by atomic mass is 10.3. The topological polar surface area (TPSA) is 21.6 Å². The average molecular weight is 127 g/mol. The zero-order chi connectivity index (χ0) is 7.11. The van der Waals surface area contributed by atoms with E-state index < -0.39 is 0 Å². The van der Waals surface area contributed by atoms with Gasteiger partial charge in [-0.3, -0.25) is 0 Å². The number of hydrogen-bond donors (Lipinski definition) is 0. The van der Waals surface area contributed by atoms with Gasteiger partial charge in [0.1, 0.15) is 7.11 Å². The van der Waals surface area contributed by atoms with Gasteiger partial charge in [-0.25, -0.2) is 0 Å². The van der Waals surface area contributed by atoms with Crippen molar-refractivity contribution in [2.75, 3.05) is 7.11 Å². The Morgan fingerprint density at radius 3 is 2.78 bits per heavy atom. The van der Waals surface area contributed by atoms with E-state index in [2.05, 4.69) is 9.99 Å². The highest BCUT2D eigenvalue weighted by Crippen LogP contribution is 1.87. The molecular weight excluding hydrogens is 114 g/mol. The molecule has 52 valence electrons. The summed E-state index contributed by atoms with van der Waals surface area (Å²) in [5.74, 6) is 0. The van der Waals surface area contributed by atoms with Gasteiger partial charge in [0.05, 0.1) is 5.71 Å². The smallest absolute Gasteiger partial charge is 0.106 e. The molecule has 0 heterocycles. The van der Waals surface area contributed by atoms with Gasteiger partial charge in [-0.2, -0.15) is 0 Å². The summed E-state index contributed by atoms with van der Waals surface area (Å²) in [5.41, 5.74) is 0.996. The molecule has 0 saturated carbocycles. The molecular formula is C7H13NO. The molecule has 0 fully saturated rings. The SMILES string of the molecule is C/C=C/C/C(C)=N\OC. The highest BCUT2D eigenvalue weighted by molar-refractivity contribution is 5.82. The fraction of sp³-hybridized carbons (Fsp3) is 0.571. The van der Waals surface area contributed by atoms with E-state index >= 15 is 0 Å². The molecule has 2 nitrogen and oxygen atoms in total. The summed E-state index contributed by atoms with van der Waals surface area (Å²) in [6, 6.07) is 0. The van der Waals surface area contributed by atoms with Crippen molar-refractivity contribution >= 4 is 5.71 Å². The quantitative estimate of drug-likeness (QED) is 0.322. The standard InChI is InChI=1S/C7H13NO/c1-4-5-6-7(2)8-9-3/h4-5H,6H2,1-3H3/b5-4+,8-7-. The normalized spacial score (nSPS) is 12.6. The second-order valence-corrected chi connectivity index (χ2v) is 1.78. The van der Waals surface area contributed by atoms with Crippen molar-refractivity contribution in [1.29, 1.82) is 0 Å². The number of allylic oxidation sites excluding steroid dienone is 2. The average Bonchev–Trinajstić information content (AvgIpc) is 1.85. The van der Waals surface area contributed by atoms with E-state index in [-0.39, 0.29) is 0 Å². The Labute approximate surface area is 56.2 Å². The third-order valence-electron chi connectivity index (χ3n) is 0.896. The van der Waals surface area contributed by atoms with Crippen molar-refractivity contribution in [2.24, 2.45) is 5.16 Å². The first-order valence-corrected chi connectivity index (χ1v) is 2.99. The van der Waals surface area contributed by atoms with Crippen LogP contribution in [-0.4, -0.2) is 12.8 Å². The Hall–Kier alpha value is -0.790. The molecule has 0 bridgehead atoms. The van der Waals surface area contributed by atoms with Gasteiger partial charge in [0, 0.05) is 6.42 Å². The molecule has 0 spiro atoms. The van der Waals surface area contributed by atoms with E-state index in [4.69, 9.17) is 0 Å². The fourth-order valence-corrected chi connectivity index (χ4v) is 0.482. The Morgan fingerprint density at radius 1 is 1.67 bits per heavy atom. The van der Waals surface area contributed by atoms with Crippen molar-refractivity contribution in [2.45, 2.75) is 20.3 Å². The van der Waals surface area contributed by atoms with Gasteiger partial charge in [0.15, 0.2) is 0 Å². The number of nitrogens with zero attached hydrogens (tertiary/aromatic N) is 1. The summed E-state index contributed by atoms with van der Waals surface area (Å²) in [6.45, 7) is 3.92. The molecule has 2 heteroatoms. The van der Waals surface area contributed by atoms with Crippen LogP contribution in [0.1, 0.15) is 20.3 Å². The molecule has 0 aromatic rings. The van der Waals surface area contributed by atoms with Crippen LogP contribution in [0.2, 0.25) is 0 Å². The maximum absolute atomic E-state index is 4.55. The monoisotopic (exact) mass is 127 g/mol. The lowest BCUT2D eigenvalue weighted by molar-refractivity contribution is 0.212. The molecule has 0 amide bonds. The van der Waals surface area contributed by atoms with Crippen LogP contribution in [0.4, 0.5) is 0 Å². The molecule has 0 aliphatic rings. The molecule has 0 N–H and O–H groups in total. The van der Waals surface area contributed by atoms with E-state index in [0.717, 1.165) is 12.1 Å². The van der Waals surface area contributed by atoms with Crippen LogP contribution in [0.3, 0.4) is 0 Å². The van der Waals surface area contributed by atoms with Crippen LogP contribution in [-0.2, 0) is 4.84 Å². The van der Waals surface area contributed by atoms with E-state index in [9.17, 15) is 0 Å². The first-order valence-electron chi connectivity index (χ1n) is 2.99. The van der Waals surface area contributed by atoms with Gasteiger partial charge in [-0.15, -0.1) is 0 Å². The summed E-state index contributed by atoms with van der Waals surface area (Å²) in [7, 11) is 1.55. The maximum Gasteiger partial charge on any atom is 0.106 e. The first-order chi connectivity index (χ1) is 4.31. The minimum absolute atomic E-state index is 0.879. The van der Waals surface area contributed by atoms with E-state index in [0.29, 0.717) is 0 Å². The van der Waals surface area contributed by atoms with E-state index in [1.54, 1.807) is 7.11 Å². The van der Waals surface area contributed by atoms with E-state index in [1.165, 1.54) is 0 Å². The van der Waals surface area contributed by atoms with Gasteiger partial charge < -0.3 is 4.84 Å². The molecule has 0 atom stereocenters. The number of hydrogen-bond acceptors (Lipinski definition) is 2. The van der Waals surface area contributed by atoms with Crippen LogP contribution in [0.15, 0.2) is 17.3 Å². The molecule has 0 aliphatic heterocycles. The molecule has 0 unspecified atom stereocenters. The van der Waals surface area contributed by atoms with Crippen LogP contribution in [0.5, 0.6) is 0 Å². The molecule has 0 aliphatic carbocycles. The Morgan fingerprint density at radius 2 is 2.33 bits per heavy atom. The third-order valence-corrected chi connectivity index (χ3v) is 0.896. The predicted molar refractivity (Wildman–Crippen MR) is 39.5 cm³/mol. The zero-order valence-electron chi connectivity index (χ0n) is 6.22. The van der Waals surface area contributed by atoms with Gasteiger partial charge in [0.25, 0.3) is 0 Å². The summed E-state index contributed by atoms with van der Waals surface area (Å²) in [4.78, 5) is 4.55. The van der Waals surface area contributed by atoms with Crippen molar-refractivity contribution in [3.8, 4) is 0 Å². The minimum Gasteiger partial charge on any atom is -0.399 e. The van der Waals surface area contributed by atoms with Crippen LogP contribution >= 0.6 is 0 Å². The molecule has 0 rings (SSSR count).